The monoisotopic (exact) mass is 343 g/mol. The lowest BCUT2D eigenvalue weighted by molar-refractivity contribution is 0.0374. The van der Waals surface area contributed by atoms with Gasteiger partial charge in [-0.1, -0.05) is 6.07 Å². The molecule has 20 heavy (non-hydrogen) atoms. The minimum absolute atomic E-state index is 0. The molecule has 1 aliphatic heterocycles. The number of rotatable bonds is 6. The zero-order valence-electron chi connectivity index (χ0n) is 11.5. The van der Waals surface area contributed by atoms with Gasteiger partial charge in [0.15, 0.2) is 0 Å². The van der Waals surface area contributed by atoms with Crippen molar-refractivity contribution in [3.05, 3.63) is 30.1 Å². The van der Waals surface area contributed by atoms with E-state index >= 15 is 0 Å². The Morgan fingerprint density at radius 1 is 1.20 bits per heavy atom. The molecule has 0 amide bonds. The lowest BCUT2D eigenvalue weighted by atomic mass is 10.3. The van der Waals surface area contributed by atoms with E-state index in [1.165, 1.54) is 18.5 Å². The van der Waals surface area contributed by atoms with Gasteiger partial charge in [0.05, 0.1) is 13.2 Å². The van der Waals surface area contributed by atoms with Crippen LogP contribution in [0.3, 0.4) is 0 Å². The fraction of sp³-hybridized carbons (Fsp3) is 0.615. The molecule has 0 radical (unpaired) electrons. The summed E-state index contributed by atoms with van der Waals surface area (Å²) in [5.41, 5.74) is 1.25. The fourth-order valence-corrected chi connectivity index (χ4v) is 1.99. The van der Waals surface area contributed by atoms with E-state index in [9.17, 15) is 0 Å². The van der Waals surface area contributed by atoms with E-state index in [2.05, 4.69) is 21.3 Å². The number of pyridine rings is 1. The molecule has 1 aromatic rings. The van der Waals surface area contributed by atoms with Crippen molar-refractivity contribution < 1.29 is 4.74 Å². The number of aromatic nitrogens is 1. The molecular formula is C13H24Cl3N3O. The molecular weight excluding hydrogens is 321 g/mol. The predicted molar refractivity (Wildman–Crippen MR) is 89.6 cm³/mol. The van der Waals surface area contributed by atoms with Crippen molar-refractivity contribution in [1.29, 1.82) is 0 Å². The minimum atomic E-state index is 0. The van der Waals surface area contributed by atoms with Gasteiger partial charge in [-0.25, -0.2) is 0 Å². The standard InChI is InChI=1S/C13H21N3O.3ClH/c1-3-13(11-14-4-1)12-15-5-2-6-16-7-9-17-10-8-16;;;/h1,3-4,11,15H,2,5-10,12H2;3*1H. The highest BCUT2D eigenvalue weighted by Crippen LogP contribution is 1.98. The molecule has 2 rings (SSSR count). The summed E-state index contributed by atoms with van der Waals surface area (Å²) < 4.78 is 5.32. The SMILES string of the molecule is Cl.Cl.Cl.c1cncc(CNCCCN2CCOCC2)c1. The molecule has 1 saturated heterocycles. The molecule has 118 valence electrons. The van der Waals surface area contributed by atoms with E-state index in [0.29, 0.717) is 0 Å². The molecule has 1 aromatic heterocycles. The third-order valence-electron chi connectivity index (χ3n) is 2.98. The normalized spacial score (nSPS) is 14.6. The molecule has 0 aliphatic carbocycles. The quantitative estimate of drug-likeness (QED) is 0.803. The maximum absolute atomic E-state index is 5.32. The highest BCUT2D eigenvalue weighted by molar-refractivity contribution is 5.86. The van der Waals surface area contributed by atoms with Crippen molar-refractivity contribution in [2.24, 2.45) is 0 Å². The first kappa shape index (κ1) is 22.2. The zero-order chi connectivity index (χ0) is 11.8. The van der Waals surface area contributed by atoms with E-state index < -0.39 is 0 Å². The summed E-state index contributed by atoms with van der Waals surface area (Å²) in [6.07, 6.45) is 4.91. The molecule has 1 fully saturated rings. The molecule has 0 aromatic carbocycles. The summed E-state index contributed by atoms with van der Waals surface area (Å²) in [6.45, 7) is 7.10. The summed E-state index contributed by atoms with van der Waals surface area (Å²) in [7, 11) is 0. The van der Waals surface area contributed by atoms with Crippen molar-refractivity contribution in [3.8, 4) is 0 Å². The number of hydrogen-bond donors (Lipinski definition) is 1. The maximum Gasteiger partial charge on any atom is 0.0594 e. The number of halogens is 3. The van der Waals surface area contributed by atoms with Gasteiger partial charge in [0.25, 0.3) is 0 Å². The van der Waals surface area contributed by atoms with E-state index in [1.54, 1.807) is 0 Å². The average molecular weight is 345 g/mol. The lowest BCUT2D eigenvalue weighted by Crippen LogP contribution is -2.37. The van der Waals surface area contributed by atoms with Gasteiger partial charge in [0.1, 0.15) is 0 Å². The second-order valence-corrected chi connectivity index (χ2v) is 4.35. The number of ether oxygens (including phenoxy) is 1. The van der Waals surface area contributed by atoms with Crippen LogP contribution in [0.1, 0.15) is 12.0 Å². The van der Waals surface area contributed by atoms with Gasteiger partial charge in [-0.3, -0.25) is 9.88 Å². The summed E-state index contributed by atoms with van der Waals surface area (Å²) in [6, 6.07) is 4.08. The lowest BCUT2D eigenvalue weighted by Gasteiger charge is -2.26. The van der Waals surface area contributed by atoms with E-state index in [-0.39, 0.29) is 37.2 Å². The van der Waals surface area contributed by atoms with Gasteiger partial charge < -0.3 is 10.1 Å². The fourth-order valence-electron chi connectivity index (χ4n) is 1.99. The second kappa shape index (κ2) is 13.9. The largest absolute Gasteiger partial charge is 0.379 e. The number of nitrogens with zero attached hydrogens (tertiary/aromatic N) is 2. The highest BCUT2D eigenvalue weighted by atomic mass is 35.5. The Hall–Kier alpha value is -0.100. The van der Waals surface area contributed by atoms with Gasteiger partial charge in [0.2, 0.25) is 0 Å². The van der Waals surface area contributed by atoms with Crippen LogP contribution in [0.4, 0.5) is 0 Å². The van der Waals surface area contributed by atoms with Crippen LogP contribution in [-0.4, -0.2) is 49.3 Å². The van der Waals surface area contributed by atoms with Crippen molar-refractivity contribution in [1.82, 2.24) is 15.2 Å². The molecule has 0 saturated carbocycles. The summed E-state index contributed by atoms with van der Waals surface area (Å²) >= 11 is 0. The van der Waals surface area contributed by atoms with Crippen molar-refractivity contribution in [2.75, 3.05) is 39.4 Å². The molecule has 0 atom stereocenters. The maximum atomic E-state index is 5.32. The van der Waals surface area contributed by atoms with Crippen LogP contribution in [0.2, 0.25) is 0 Å². The topological polar surface area (TPSA) is 37.4 Å². The molecule has 4 nitrogen and oxygen atoms in total. The first-order valence-electron chi connectivity index (χ1n) is 6.35. The van der Waals surface area contributed by atoms with Crippen molar-refractivity contribution in [3.63, 3.8) is 0 Å². The van der Waals surface area contributed by atoms with Crippen LogP contribution in [0.15, 0.2) is 24.5 Å². The Labute approximate surface area is 139 Å². The van der Waals surface area contributed by atoms with E-state index in [0.717, 1.165) is 39.4 Å². The second-order valence-electron chi connectivity index (χ2n) is 4.35. The van der Waals surface area contributed by atoms with Crippen molar-refractivity contribution in [2.45, 2.75) is 13.0 Å². The van der Waals surface area contributed by atoms with Gasteiger partial charge in [-0.15, -0.1) is 37.2 Å². The Balaban J connectivity index is 0. The first-order chi connectivity index (χ1) is 8.45. The van der Waals surface area contributed by atoms with Crippen LogP contribution >= 0.6 is 37.2 Å². The van der Waals surface area contributed by atoms with Crippen LogP contribution in [-0.2, 0) is 11.3 Å². The molecule has 7 heteroatoms. The van der Waals surface area contributed by atoms with E-state index in [1.807, 2.05) is 18.5 Å². The molecule has 0 bridgehead atoms. The van der Waals surface area contributed by atoms with Gasteiger partial charge >= 0.3 is 0 Å². The van der Waals surface area contributed by atoms with Gasteiger partial charge in [-0.2, -0.15) is 0 Å². The molecule has 1 N–H and O–H groups in total. The molecule has 0 unspecified atom stereocenters. The Kier molecular flexibility index (Phi) is 15.4. The van der Waals surface area contributed by atoms with Crippen LogP contribution in [0, 0.1) is 0 Å². The average Bonchev–Trinajstić information content (AvgIpc) is 2.41. The number of morpholine rings is 1. The third-order valence-corrected chi connectivity index (χ3v) is 2.98. The summed E-state index contributed by atoms with van der Waals surface area (Å²) in [5.74, 6) is 0. The summed E-state index contributed by atoms with van der Waals surface area (Å²) in [4.78, 5) is 6.56. The van der Waals surface area contributed by atoms with Crippen LogP contribution in [0.5, 0.6) is 0 Å². The van der Waals surface area contributed by atoms with Crippen molar-refractivity contribution >= 4 is 37.2 Å². The highest BCUT2D eigenvalue weighted by Gasteiger charge is 2.08. The minimum Gasteiger partial charge on any atom is -0.379 e. The Morgan fingerprint density at radius 3 is 2.60 bits per heavy atom. The smallest absolute Gasteiger partial charge is 0.0594 e. The molecule has 1 aliphatic rings. The first-order valence-corrected chi connectivity index (χ1v) is 6.35. The number of hydrogen-bond acceptors (Lipinski definition) is 4. The van der Waals surface area contributed by atoms with Crippen LogP contribution < -0.4 is 5.32 Å². The zero-order valence-corrected chi connectivity index (χ0v) is 13.9. The Bertz CT molecular complexity index is 311. The van der Waals surface area contributed by atoms with Crippen LogP contribution in [0.25, 0.3) is 0 Å². The predicted octanol–water partition coefficient (Wildman–Crippen LogP) is 2.16. The van der Waals surface area contributed by atoms with E-state index in [4.69, 9.17) is 4.74 Å². The molecule has 2 heterocycles. The number of nitrogens with one attached hydrogen (secondary N) is 1. The summed E-state index contributed by atoms with van der Waals surface area (Å²) in [5, 5.41) is 3.44. The van der Waals surface area contributed by atoms with Gasteiger partial charge in [-0.05, 0) is 31.1 Å². The van der Waals surface area contributed by atoms with Gasteiger partial charge in [0, 0.05) is 32.0 Å². The molecule has 0 spiro atoms. The Morgan fingerprint density at radius 2 is 1.95 bits per heavy atom. The third kappa shape index (κ3) is 8.95.